The monoisotopic (exact) mass is 232 g/mol. The van der Waals surface area contributed by atoms with Crippen molar-refractivity contribution in [2.24, 2.45) is 5.73 Å². The summed E-state index contributed by atoms with van der Waals surface area (Å²) in [6.07, 6.45) is 1.78. The molecule has 0 rings (SSSR count). The number of hydrogen-bond acceptors (Lipinski definition) is 3. The molecule has 2 N–H and O–H groups in total. The minimum Gasteiger partial charge on any atom is -0.393 e. The topological polar surface area (TPSA) is 38.5 Å². The first kappa shape index (κ1) is 14.8. The lowest BCUT2D eigenvalue weighted by molar-refractivity contribution is 0.00708. The van der Waals surface area contributed by atoms with Gasteiger partial charge in [0.15, 0.2) is 0 Å². The Morgan fingerprint density at radius 2 is 2.07 bits per heavy atom. The Bertz CT molecular complexity index is 207. The fourth-order valence-electron chi connectivity index (χ4n) is 1.22. The van der Waals surface area contributed by atoms with Crippen LogP contribution in [0.25, 0.3) is 0 Å². The van der Waals surface area contributed by atoms with Gasteiger partial charge in [0.25, 0.3) is 0 Å². The molecule has 0 aromatic carbocycles. The fraction of sp³-hybridized carbons (Fsp3) is 0.909. The van der Waals surface area contributed by atoms with Crippen molar-refractivity contribution in [1.82, 2.24) is 4.90 Å². The van der Waals surface area contributed by atoms with Gasteiger partial charge >= 0.3 is 0 Å². The molecule has 0 saturated heterocycles. The van der Waals surface area contributed by atoms with E-state index in [4.69, 9.17) is 22.7 Å². The van der Waals surface area contributed by atoms with Crippen LogP contribution in [0.15, 0.2) is 0 Å². The number of ether oxygens (including phenoxy) is 1. The molecule has 4 heteroatoms. The van der Waals surface area contributed by atoms with Crippen molar-refractivity contribution in [3.05, 3.63) is 0 Å². The number of rotatable bonds is 7. The SMILES string of the molecule is COC(C)(C)CCN(C)C(C)CC(N)=S. The summed E-state index contributed by atoms with van der Waals surface area (Å²) in [4.78, 5) is 2.85. The zero-order valence-corrected chi connectivity index (χ0v) is 11.4. The van der Waals surface area contributed by atoms with Gasteiger partial charge in [0.05, 0.1) is 10.6 Å². The number of thiocarbonyl (C=S) groups is 1. The van der Waals surface area contributed by atoms with Gasteiger partial charge in [-0.2, -0.15) is 0 Å². The third kappa shape index (κ3) is 6.82. The molecule has 0 fully saturated rings. The molecule has 0 aliphatic carbocycles. The van der Waals surface area contributed by atoms with E-state index in [1.807, 2.05) is 0 Å². The van der Waals surface area contributed by atoms with Crippen LogP contribution in [0.4, 0.5) is 0 Å². The zero-order chi connectivity index (χ0) is 12.1. The number of nitrogens with two attached hydrogens (primary N) is 1. The van der Waals surface area contributed by atoms with Crippen molar-refractivity contribution >= 4 is 17.2 Å². The van der Waals surface area contributed by atoms with Gasteiger partial charge in [-0.05, 0) is 34.2 Å². The Hall–Kier alpha value is -0.190. The summed E-state index contributed by atoms with van der Waals surface area (Å²) in [7, 11) is 3.84. The van der Waals surface area contributed by atoms with E-state index in [1.165, 1.54) is 0 Å². The molecule has 1 unspecified atom stereocenters. The highest BCUT2D eigenvalue weighted by Crippen LogP contribution is 2.14. The summed E-state index contributed by atoms with van der Waals surface area (Å²) in [5.41, 5.74) is 5.46. The minimum absolute atomic E-state index is 0.0583. The summed E-state index contributed by atoms with van der Waals surface area (Å²) in [5.74, 6) is 0. The van der Waals surface area contributed by atoms with Crippen molar-refractivity contribution in [2.75, 3.05) is 20.7 Å². The third-order valence-electron chi connectivity index (χ3n) is 2.87. The van der Waals surface area contributed by atoms with Crippen LogP contribution < -0.4 is 5.73 Å². The highest BCUT2D eigenvalue weighted by Gasteiger charge is 2.18. The van der Waals surface area contributed by atoms with E-state index in [0.717, 1.165) is 19.4 Å². The normalized spacial score (nSPS) is 14.3. The van der Waals surface area contributed by atoms with Crippen LogP contribution in [-0.4, -0.2) is 42.2 Å². The van der Waals surface area contributed by atoms with Crippen molar-refractivity contribution in [1.29, 1.82) is 0 Å². The molecule has 0 bridgehead atoms. The lowest BCUT2D eigenvalue weighted by atomic mass is 10.0. The standard InChI is InChI=1S/C11H24N2OS/c1-9(8-10(12)15)13(4)7-6-11(2,3)14-5/h9H,6-8H2,1-5H3,(H2,12,15). The molecule has 0 heterocycles. The predicted molar refractivity (Wildman–Crippen MR) is 69.2 cm³/mol. The molecule has 3 nitrogen and oxygen atoms in total. The molecule has 0 aliphatic heterocycles. The average Bonchev–Trinajstić information content (AvgIpc) is 2.13. The van der Waals surface area contributed by atoms with E-state index in [-0.39, 0.29) is 5.60 Å². The molecule has 15 heavy (non-hydrogen) atoms. The molecule has 0 aromatic rings. The highest BCUT2D eigenvalue weighted by atomic mass is 32.1. The molecule has 1 atom stereocenters. The van der Waals surface area contributed by atoms with Crippen LogP contribution in [0, 0.1) is 0 Å². The van der Waals surface area contributed by atoms with Gasteiger partial charge < -0.3 is 15.4 Å². The largest absolute Gasteiger partial charge is 0.393 e. The molecule has 0 aromatic heterocycles. The molecule has 90 valence electrons. The second-order valence-corrected chi connectivity index (χ2v) is 5.24. The molecular formula is C11H24N2OS. The fourth-order valence-corrected chi connectivity index (χ4v) is 1.46. The van der Waals surface area contributed by atoms with E-state index in [9.17, 15) is 0 Å². The highest BCUT2D eigenvalue weighted by molar-refractivity contribution is 7.80. The first-order valence-corrected chi connectivity index (χ1v) is 5.73. The van der Waals surface area contributed by atoms with Gasteiger partial charge in [-0.3, -0.25) is 0 Å². The van der Waals surface area contributed by atoms with Gasteiger partial charge in [0.1, 0.15) is 0 Å². The van der Waals surface area contributed by atoms with E-state index < -0.39 is 0 Å². The van der Waals surface area contributed by atoms with E-state index in [2.05, 4.69) is 32.7 Å². The predicted octanol–water partition coefficient (Wildman–Crippen LogP) is 1.80. The van der Waals surface area contributed by atoms with E-state index in [0.29, 0.717) is 11.0 Å². The maximum Gasteiger partial charge on any atom is 0.0742 e. The summed E-state index contributed by atoms with van der Waals surface area (Å²) >= 11 is 4.90. The van der Waals surface area contributed by atoms with Crippen LogP contribution >= 0.6 is 12.2 Å². The van der Waals surface area contributed by atoms with Crippen molar-refractivity contribution < 1.29 is 4.74 Å². The second kappa shape index (κ2) is 6.40. The molecule has 0 saturated carbocycles. The summed E-state index contributed by atoms with van der Waals surface area (Å²) < 4.78 is 5.37. The maximum absolute atomic E-state index is 5.52. The third-order valence-corrected chi connectivity index (χ3v) is 3.03. The lowest BCUT2D eigenvalue weighted by Crippen LogP contribution is -2.36. The molecule has 0 amide bonds. The quantitative estimate of drug-likeness (QED) is 0.679. The Labute approximate surface area is 99.0 Å². The molecular weight excluding hydrogens is 208 g/mol. The molecule has 0 radical (unpaired) electrons. The first-order chi connectivity index (χ1) is 6.78. The zero-order valence-electron chi connectivity index (χ0n) is 10.5. The Morgan fingerprint density at radius 3 is 2.47 bits per heavy atom. The smallest absolute Gasteiger partial charge is 0.0742 e. The summed E-state index contributed by atoms with van der Waals surface area (Å²) in [6.45, 7) is 7.32. The Morgan fingerprint density at radius 1 is 1.53 bits per heavy atom. The number of methoxy groups -OCH3 is 1. The van der Waals surface area contributed by atoms with Crippen LogP contribution in [0.2, 0.25) is 0 Å². The number of nitrogens with zero attached hydrogens (tertiary/aromatic N) is 1. The van der Waals surface area contributed by atoms with Crippen LogP contribution in [-0.2, 0) is 4.74 Å². The van der Waals surface area contributed by atoms with Gasteiger partial charge in [-0.1, -0.05) is 12.2 Å². The second-order valence-electron chi connectivity index (χ2n) is 4.71. The van der Waals surface area contributed by atoms with Crippen LogP contribution in [0.5, 0.6) is 0 Å². The average molecular weight is 232 g/mol. The van der Waals surface area contributed by atoms with Gasteiger partial charge in [-0.25, -0.2) is 0 Å². The minimum atomic E-state index is -0.0583. The van der Waals surface area contributed by atoms with Gasteiger partial charge in [0.2, 0.25) is 0 Å². The van der Waals surface area contributed by atoms with Gasteiger partial charge in [-0.15, -0.1) is 0 Å². The number of hydrogen-bond donors (Lipinski definition) is 1. The van der Waals surface area contributed by atoms with Crippen molar-refractivity contribution in [3.8, 4) is 0 Å². The van der Waals surface area contributed by atoms with Crippen molar-refractivity contribution in [2.45, 2.75) is 45.3 Å². The summed E-state index contributed by atoms with van der Waals surface area (Å²) in [6, 6.07) is 0.398. The van der Waals surface area contributed by atoms with Crippen LogP contribution in [0.1, 0.15) is 33.6 Å². The first-order valence-electron chi connectivity index (χ1n) is 5.32. The molecule has 0 spiro atoms. The lowest BCUT2D eigenvalue weighted by Gasteiger charge is -2.29. The Kier molecular flexibility index (Phi) is 6.32. The van der Waals surface area contributed by atoms with Crippen LogP contribution in [0.3, 0.4) is 0 Å². The maximum atomic E-state index is 5.52. The Balaban J connectivity index is 3.92. The van der Waals surface area contributed by atoms with E-state index in [1.54, 1.807) is 7.11 Å². The van der Waals surface area contributed by atoms with Gasteiger partial charge in [0, 0.05) is 26.1 Å². The summed E-state index contributed by atoms with van der Waals surface area (Å²) in [5, 5.41) is 0. The molecule has 0 aliphatic rings. The van der Waals surface area contributed by atoms with Crippen molar-refractivity contribution in [3.63, 3.8) is 0 Å². The van der Waals surface area contributed by atoms with E-state index >= 15 is 0 Å².